The standard InChI is InChI=1S/C13H21NO2/c1-3-8-13(14-12(15)4-2)16-11-9-6-5-7-10-11/h5-7,9-10,12-15H,3-4,8H2,1-2H3. The molecule has 0 aliphatic rings. The summed E-state index contributed by atoms with van der Waals surface area (Å²) in [6.45, 7) is 4.03. The zero-order valence-corrected chi connectivity index (χ0v) is 10.0. The Morgan fingerprint density at radius 2 is 1.94 bits per heavy atom. The van der Waals surface area contributed by atoms with E-state index in [2.05, 4.69) is 12.2 Å². The fraction of sp³-hybridized carbons (Fsp3) is 0.538. The number of nitrogens with one attached hydrogen (secondary N) is 1. The van der Waals surface area contributed by atoms with Crippen LogP contribution in [0.3, 0.4) is 0 Å². The molecule has 2 N–H and O–H groups in total. The van der Waals surface area contributed by atoms with E-state index in [0.717, 1.165) is 18.6 Å². The summed E-state index contributed by atoms with van der Waals surface area (Å²) >= 11 is 0. The predicted octanol–water partition coefficient (Wildman–Crippen LogP) is 2.51. The zero-order chi connectivity index (χ0) is 11.8. The third-order valence-electron chi connectivity index (χ3n) is 2.34. The van der Waals surface area contributed by atoms with Crippen LogP contribution in [0.1, 0.15) is 33.1 Å². The van der Waals surface area contributed by atoms with Crippen LogP contribution >= 0.6 is 0 Å². The Hall–Kier alpha value is -1.06. The van der Waals surface area contributed by atoms with E-state index in [1.165, 1.54) is 0 Å². The monoisotopic (exact) mass is 223 g/mol. The highest BCUT2D eigenvalue weighted by Crippen LogP contribution is 2.12. The molecular weight excluding hydrogens is 202 g/mol. The minimum atomic E-state index is -0.500. The van der Waals surface area contributed by atoms with E-state index in [-0.39, 0.29) is 6.23 Å². The second kappa shape index (κ2) is 7.25. The van der Waals surface area contributed by atoms with Gasteiger partial charge in [-0.3, -0.25) is 5.32 Å². The van der Waals surface area contributed by atoms with E-state index in [1.807, 2.05) is 37.3 Å². The molecule has 3 heteroatoms. The Kier molecular flexibility index (Phi) is 5.90. The summed E-state index contributed by atoms with van der Waals surface area (Å²) in [5.41, 5.74) is 0. The topological polar surface area (TPSA) is 41.5 Å². The summed E-state index contributed by atoms with van der Waals surface area (Å²) in [6.07, 6.45) is 1.95. The lowest BCUT2D eigenvalue weighted by Gasteiger charge is -2.22. The van der Waals surface area contributed by atoms with Crippen LogP contribution in [0, 0.1) is 0 Å². The molecule has 0 aromatic heterocycles. The molecule has 0 saturated heterocycles. The molecule has 0 aliphatic carbocycles. The maximum atomic E-state index is 9.54. The average molecular weight is 223 g/mol. The molecule has 0 fully saturated rings. The van der Waals surface area contributed by atoms with Crippen LogP contribution in [0.25, 0.3) is 0 Å². The minimum absolute atomic E-state index is 0.123. The maximum Gasteiger partial charge on any atom is 0.152 e. The lowest BCUT2D eigenvalue weighted by atomic mass is 10.3. The third kappa shape index (κ3) is 4.64. The first-order chi connectivity index (χ1) is 7.76. The van der Waals surface area contributed by atoms with Gasteiger partial charge in [0.2, 0.25) is 0 Å². The Bertz CT molecular complexity index is 277. The smallest absolute Gasteiger partial charge is 0.152 e. The summed E-state index contributed by atoms with van der Waals surface area (Å²) < 4.78 is 5.76. The Morgan fingerprint density at radius 3 is 2.50 bits per heavy atom. The number of hydrogen-bond donors (Lipinski definition) is 2. The van der Waals surface area contributed by atoms with Crippen molar-refractivity contribution in [3.63, 3.8) is 0 Å². The van der Waals surface area contributed by atoms with Crippen LogP contribution in [0.2, 0.25) is 0 Å². The van der Waals surface area contributed by atoms with Gasteiger partial charge in [0.05, 0.1) is 0 Å². The van der Waals surface area contributed by atoms with Crippen molar-refractivity contribution in [3.05, 3.63) is 30.3 Å². The molecule has 0 spiro atoms. The van der Waals surface area contributed by atoms with Crippen LogP contribution in [0.15, 0.2) is 30.3 Å². The predicted molar refractivity (Wildman–Crippen MR) is 65.2 cm³/mol. The Morgan fingerprint density at radius 1 is 1.25 bits per heavy atom. The molecule has 0 bridgehead atoms. The van der Waals surface area contributed by atoms with Crippen LogP contribution in [0.5, 0.6) is 5.75 Å². The number of hydrogen-bond acceptors (Lipinski definition) is 3. The van der Waals surface area contributed by atoms with Crippen molar-refractivity contribution in [2.24, 2.45) is 0 Å². The molecule has 1 aromatic rings. The third-order valence-corrected chi connectivity index (χ3v) is 2.34. The summed E-state index contributed by atoms with van der Waals surface area (Å²) in [4.78, 5) is 0. The Balaban J connectivity index is 2.50. The van der Waals surface area contributed by atoms with Gasteiger partial charge in [0, 0.05) is 0 Å². The summed E-state index contributed by atoms with van der Waals surface area (Å²) in [6, 6.07) is 9.67. The van der Waals surface area contributed by atoms with Gasteiger partial charge in [-0.25, -0.2) is 0 Å². The van der Waals surface area contributed by atoms with Crippen LogP contribution in [0.4, 0.5) is 0 Å². The van der Waals surface area contributed by atoms with E-state index in [4.69, 9.17) is 4.74 Å². The molecule has 0 heterocycles. The Labute approximate surface area is 97.4 Å². The highest BCUT2D eigenvalue weighted by Gasteiger charge is 2.12. The molecule has 3 nitrogen and oxygen atoms in total. The largest absolute Gasteiger partial charge is 0.475 e. The van der Waals surface area contributed by atoms with Gasteiger partial charge in [0.25, 0.3) is 0 Å². The van der Waals surface area contributed by atoms with Gasteiger partial charge in [-0.15, -0.1) is 0 Å². The lowest BCUT2D eigenvalue weighted by Crippen LogP contribution is -2.41. The van der Waals surface area contributed by atoms with Crippen molar-refractivity contribution in [3.8, 4) is 5.75 Å². The van der Waals surface area contributed by atoms with Crippen LogP contribution in [-0.4, -0.2) is 17.6 Å². The van der Waals surface area contributed by atoms with E-state index in [0.29, 0.717) is 6.42 Å². The normalized spacial score (nSPS) is 14.4. The number of aliphatic hydroxyl groups excluding tert-OH is 1. The van der Waals surface area contributed by atoms with Gasteiger partial charge in [0.1, 0.15) is 12.0 Å². The average Bonchev–Trinajstić information content (AvgIpc) is 2.30. The highest BCUT2D eigenvalue weighted by molar-refractivity contribution is 5.21. The van der Waals surface area contributed by atoms with E-state index in [9.17, 15) is 5.11 Å². The molecule has 16 heavy (non-hydrogen) atoms. The first kappa shape index (κ1) is 13.0. The molecule has 1 rings (SSSR count). The number of aliphatic hydroxyl groups is 1. The summed E-state index contributed by atoms with van der Waals surface area (Å²) in [5, 5.41) is 12.6. The quantitative estimate of drug-likeness (QED) is 0.698. The molecule has 90 valence electrons. The highest BCUT2D eigenvalue weighted by atomic mass is 16.5. The summed E-state index contributed by atoms with van der Waals surface area (Å²) in [7, 11) is 0. The van der Waals surface area contributed by atoms with E-state index in [1.54, 1.807) is 0 Å². The summed E-state index contributed by atoms with van der Waals surface area (Å²) in [5.74, 6) is 0.830. The lowest BCUT2D eigenvalue weighted by molar-refractivity contribution is 0.0494. The number of para-hydroxylation sites is 1. The minimum Gasteiger partial charge on any atom is -0.475 e. The van der Waals surface area contributed by atoms with Gasteiger partial charge < -0.3 is 9.84 Å². The van der Waals surface area contributed by atoms with Crippen LogP contribution < -0.4 is 10.1 Å². The van der Waals surface area contributed by atoms with Gasteiger partial charge in [-0.2, -0.15) is 0 Å². The number of ether oxygens (including phenoxy) is 1. The van der Waals surface area contributed by atoms with Crippen molar-refractivity contribution in [2.75, 3.05) is 0 Å². The first-order valence-corrected chi connectivity index (χ1v) is 5.92. The van der Waals surface area contributed by atoms with Crippen molar-refractivity contribution in [1.82, 2.24) is 5.32 Å². The molecule has 2 unspecified atom stereocenters. The van der Waals surface area contributed by atoms with Gasteiger partial charge in [-0.05, 0) is 25.0 Å². The molecule has 1 aromatic carbocycles. The molecular formula is C13H21NO2. The van der Waals surface area contributed by atoms with Gasteiger partial charge in [0.15, 0.2) is 6.23 Å². The number of rotatable bonds is 7. The molecule has 0 aliphatic heterocycles. The van der Waals surface area contributed by atoms with Crippen molar-refractivity contribution >= 4 is 0 Å². The van der Waals surface area contributed by atoms with Crippen LogP contribution in [-0.2, 0) is 0 Å². The van der Waals surface area contributed by atoms with E-state index < -0.39 is 6.23 Å². The zero-order valence-electron chi connectivity index (χ0n) is 10.0. The van der Waals surface area contributed by atoms with E-state index >= 15 is 0 Å². The van der Waals surface area contributed by atoms with Crippen molar-refractivity contribution in [2.45, 2.75) is 45.6 Å². The number of benzene rings is 1. The van der Waals surface area contributed by atoms with Gasteiger partial charge >= 0.3 is 0 Å². The van der Waals surface area contributed by atoms with Crippen molar-refractivity contribution < 1.29 is 9.84 Å². The fourth-order valence-electron chi connectivity index (χ4n) is 1.43. The second-order valence-corrected chi connectivity index (χ2v) is 3.80. The second-order valence-electron chi connectivity index (χ2n) is 3.80. The molecule has 0 radical (unpaired) electrons. The van der Waals surface area contributed by atoms with Gasteiger partial charge in [-0.1, -0.05) is 38.5 Å². The maximum absolute atomic E-state index is 9.54. The SMILES string of the molecule is CCCC(NC(O)CC)Oc1ccccc1. The molecule has 0 amide bonds. The molecule has 0 saturated carbocycles. The molecule has 2 atom stereocenters. The first-order valence-electron chi connectivity index (χ1n) is 5.92. The van der Waals surface area contributed by atoms with Crippen molar-refractivity contribution in [1.29, 1.82) is 0 Å². The fourth-order valence-corrected chi connectivity index (χ4v) is 1.43.